The van der Waals surface area contributed by atoms with Gasteiger partial charge >= 0.3 is 5.97 Å². The Labute approximate surface area is 147 Å². The maximum atomic E-state index is 12.2. The van der Waals surface area contributed by atoms with Crippen LogP contribution in [0.3, 0.4) is 0 Å². The molecule has 0 amide bonds. The predicted molar refractivity (Wildman–Crippen MR) is 96.0 cm³/mol. The fraction of sp³-hybridized carbons (Fsp3) is 0.350. The summed E-state index contributed by atoms with van der Waals surface area (Å²) >= 11 is 0. The monoisotopic (exact) mass is 341 g/mol. The number of hydrogen-bond acceptors (Lipinski definition) is 5. The molecule has 3 rings (SSSR count). The first-order valence-corrected chi connectivity index (χ1v) is 8.49. The van der Waals surface area contributed by atoms with E-state index in [1.54, 1.807) is 19.2 Å². The summed E-state index contributed by atoms with van der Waals surface area (Å²) < 4.78 is 10.5. The van der Waals surface area contributed by atoms with Crippen molar-refractivity contribution in [3.05, 3.63) is 59.7 Å². The second-order valence-corrected chi connectivity index (χ2v) is 6.19. The highest BCUT2D eigenvalue weighted by Crippen LogP contribution is 2.21. The molecule has 0 atom stereocenters. The number of aliphatic hydroxyl groups is 1. The predicted octanol–water partition coefficient (Wildman–Crippen LogP) is 3.01. The standard InChI is InChI=1S/C20H23NO4/c1-24-19-4-2-3-15(13-19)14-25-20(23)16-5-7-17(8-6-16)21-11-9-18(22)10-12-21/h2-8,13,18,22H,9-12,14H2,1H3. The average Bonchev–Trinajstić information content (AvgIpc) is 2.67. The average molecular weight is 341 g/mol. The fourth-order valence-electron chi connectivity index (χ4n) is 2.93. The Morgan fingerprint density at radius 1 is 1.16 bits per heavy atom. The number of ether oxygens (including phenoxy) is 2. The van der Waals surface area contributed by atoms with Crippen LogP contribution in [0.5, 0.6) is 5.75 Å². The normalized spacial score (nSPS) is 15.0. The van der Waals surface area contributed by atoms with Crippen molar-refractivity contribution in [1.29, 1.82) is 0 Å². The molecule has 1 saturated heterocycles. The Morgan fingerprint density at radius 3 is 2.56 bits per heavy atom. The maximum Gasteiger partial charge on any atom is 0.338 e. The number of anilines is 1. The molecule has 1 N–H and O–H groups in total. The summed E-state index contributed by atoms with van der Waals surface area (Å²) in [6, 6.07) is 14.9. The molecule has 0 radical (unpaired) electrons. The quantitative estimate of drug-likeness (QED) is 0.847. The van der Waals surface area contributed by atoms with Gasteiger partial charge in [0.1, 0.15) is 12.4 Å². The van der Waals surface area contributed by atoms with E-state index in [0.29, 0.717) is 5.56 Å². The van der Waals surface area contributed by atoms with Crippen LogP contribution in [0.1, 0.15) is 28.8 Å². The van der Waals surface area contributed by atoms with E-state index in [2.05, 4.69) is 4.90 Å². The van der Waals surface area contributed by atoms with Gasteiger partial charge in [0.25, 0.3) is 0 Å². The lowest BCUT2D eigenvalue weighted by Crippen LogP contribution is -2.35. The van der Waals surface area contributed by atoms with Crippen LogP contribution in [0.4, 0.5) is 5.69 Å². The number of nitrogens with zero attached hydrogens (tertiary/aromatic N) is 1. The SMILES string of the molecule is COc1cccc(COC(=O)c2ccc(N3CCC(O)CC3)cc2)c1. The molecule has 2 aromatic carbocycles. The summed E-state index contributed by atoms with van der Waals surface area (Å²) in [6.07, 6.45) is 1.37. The Morgan fingerprint density at radius 2 is 1.88 bits per heavy atom. The summed E-state index contributed by atoms with van der Waals surface area (Å²) in [5.41, 5.74) is 2.48. The molecular formula is C20H23NO4. The van der Waals surface area contributed by atoms with Gasteiger partial charge in [-0.2, -0.15) is 0 Å². The van der Waals surface area contributed by atoms with Gasteiger partial charge in [-0.3, -0.25) is 0 Å². The van der Waals surface area contributed by atoms with Gasteiger partial charge in [0.05, 0.1) is 18.8 Å². The molecule has 0 saturated carbocycles. The molecule has 0 aliphatic carbocycles. The third-order valence-electron chi connectivity index (χ3n) is 4.44. The molecule has 0 bridgehead atoms. The Hall–Kier alpha value is -2.53. The van der Waals surface area contributed by atoms with Gasteiger partial charge < -0.3 is 19.5 Å². The van der Waals surface area contributed by atoms with E-state index in [1.165, 1.54) is 0 Å². The molecule has 1 fully saturated rings. The van der Waals surface area contributed by atoms with E-state index < -0.39 is 0 Å². The summed E-state index contributed by atoms with van der Waals surface area (Å²) in [4.78, 5) is 14.4. The van der Waals surface area contributed by atoms with Gasteiger partial charge in [-0.25, -0.2) is 4.79 Å². The van der Waals surface area contributed by atoms with Crippen LogP contribution in [-0.2, 0) is 11.3 Å². The van der Waals surface area contributed by atoms with Crippen molar-refractivity contribution in [3.8, 4) is 5.75 Å². The van der Waals surface area contributed by atoms with Crippen molar-refractivity contribution >= 4 is 11.7 Å². The highest BCUT2D eigenvalue weighted by Gasteiger charge is 2.17. The van der Waals surface area contributed by atoms with Gasteiger partial charge in [-0.05, 0) is 54.8 Å². The number of piperidine rings is 1. The van der Waals surface area contributed by atoms with Crippen molar-refractivity contribution in [2.45, 2.75) is 25.6 Å². The largest absolute Gasteiger partial charge is 0.497 e. The van der Waals surface area contributed by atoms with Crippen molar-refractivity contribution in [2.75, 3.05) is 25.1 Å². The van der Waals surface area contributed by atoms with E-state index in [1.807, 2.05) is 36.4 Å². The first-order chi connectivity index (χ1) is 12.2. The van der Waals surface area contributed by atoms with E-state index in [0.717, 1.165) is 42.9 Å². The van der Waals surface area contributed by atoms with Crippen molar-refractivity contribution in [2.24, 2.45) is 0 Å². The summed E-state index contributed by atoms with van der Waals surface area (Å²) in [5.74, 6) is 0.396. The van der Waals surface area contributed by atoms with Crippen LogP contribution in [0.15, 0.2) is 48.5 Å². The lowest BCUT2D eigenvalue weighted by atomic mass is 10.1. The van der Waals surface area contributed by atoms with Crippen LogP contribution < -0.4 is 9.64 Å². The minimum atomic E-state index is -0.344. The number of hydrogen-bond donors (Lipinski definition) is 1. The molecule has 132 valence electrons. The lowest BCUT2D eigenvalue weighted by molar-refractivity contribution is 0.0472. The second-order valence-electron chi connectivity index (χ2n) is 6.19. The van der Waals surface area contributed by atoms with Crippen LogP contribution in [-0.4, -0.2) is 37.4 Å². The third-order valence-corrected chi connectivity index (χ3v) is 4.44. The number of carbonyl (C=O) groups is 1. The number of esters is 1. The molecule has 1 aliphatic rings. The van der Waals surface area contributed by atoms with Crippen LogP contribution in [0.2, 0.25) is 0 Å². The van der Waals surface area contributed by atoms with Crippen molar-refractivity contribution < 1.29 is 19.4 Å². The topological polar surface area (TPSA) is 59.0 Å². The number of methoxy groups -OCH3 is 1. The van der Waals surface area contributed by atoms with Gasteiger partial charge in [-0.1, -0.05) is 12.1 Å². The minimum absolute atomic E-state index is 0.192. The van der Waals surface area contributed by atoms with Gasteiger partial charge in [-0.15, -0.1) is 0 Å². The van der Waals surface area contributed by atoms with Crippen LogP contribution in [0, 0.1) is 0 Å². The molecular weight excluding hydrogens is 318 g/mol. The highest BCUT2D eigenvalue weighted by atomic mass is 16.5. The molecule has 25 heavy (non-hydrogen) atoms. The first-order valence-electron chi connectivity index (χ1n) is 8.49. The minimum Gasteiger partial charge on any atom is -0.497 e. The summed E-state index contributed by atoms with van der Waals surface area (Å²) in [5, 5.41) is 9.58. The van der Waals surface area contributed by atoms with E-state index >= 15 is 0 Å². The van der Waals surface area contributed by atoms with Crippen molar-refractivity contribution in [3.63, 3.8) is 0 Å². The zero-order valence-corrected chi connectivity index (χ0v) is 14.4. The van der Waals surface area contributed by atoms with Crippen LogP contribution in [0.25, 0.3) is 0 Å². The molecule has 0 aromatic heterocycles. The zero-order valence-electron chi connectivity index (χ0n) is 14.4. The van der Waals surface area contributed by atoms with Gasteiger partial charge in [0.2, 0.25) is 0 Å². The molecule has 2 aromatic rings. The smallest absolute Gasteiger partial charge is 0.338 e. The molecule has 5 heteroatoms. The zero-order chi connectivity index (χ0) is 17.6. The number of rotatable bonds is 5. The van der Waals surface area contributed by atoms with Crippen LogP contribution >= 0.6 is 0 Å². The summed E-state index contributed by atoms with van der Waals surface area (Å²) in [7, 11) is 1.61. The number of benzene rings is 2. The number of aliphatic hydroxyl groups excluding tert-OH is 1. The molecule has 0 spiro atoms. The molecule has 1 heterocycles. The second kappa shape index (κ2) is 8.03. The fourth-order valence-corrected chi connectivity index (χ4v) is 2.93. The Bertz CT molecular complexity index is 706. The van der Waals surface area contributed by atoms with Gasteiger partial charge in [0, 0.05) is 18.8 Å². The lowest BCUT2D eigenvalue weighted by Gasteiger charge is -2.31. The third kappa shape index (κ3) is 4.51. The summed E-state index contributed by atoms with van der Waals surface area (Å²) in [6.45, 7) is 1.88. The highest BCUT2D eigenvalue weighted by molar-refractivity contribution is 5.89. The molecule has 0 unspecified atom stereocenters. The Kier molecular flexibility index (Phi) is 5.56. The maximum absolute atomic E-state index is 12.2. The molecule has 5 nitrogen and oxygen atoms in total. The van der Waals surface area contributed by atoms with E-state index in [9.17, 15) is 9.90 Å². The van der Waals surface area contributed by atoms with E-state index in [4.69, 9.17) is 9.47 Å². The van der Waals surface area contributed by atoms with Crippen molar-refractivity contribution in [1.82, 2.24) is 0 Å². The number of carbonyl (C=O) groups excluding carboxylic acids is 1. The van der Waals surface area contributed by atoms with E-state index in [-0.39, 0.29) is 18.7 Å². The Balaban J connectivity index is 1.57. The molecule has 1 aliphatic heterocycles. The van der Waals surface area contributed by atoms with Gasteiger partial charge in [0.15, 0.2) is 0 Å². The first kappa shape index (κ1) is 17.3.